The van der Waals surface area contributed by atoms with Crippen LogP contribution in [0.25, 0.3) is 22.6 Å². The van der Waals surface area contributed by atoms with E-state index in [9.17, 15) is 9.59 Å². The van der Waals surface area contributed by atoms with Crippen LogP contribution in [0.15, 0.2) is 39.9 Å². The maximum absolute atomic E-state index is 12.2. The van der Waals surface area contributed by atoms with Crippen molar-refractivity contribution in [2.75, 3.05) is 6.61 Å². The fourth-order valence-corrected chi connectivity index (χ4v) is 2.42. The lowest BCUT2D eigenvalue weighted by Gasteiger charge is -2.08. The van der Waals surface area contributed by atoms with Gasteiger partial charge in [-0.2, -0.15) is 0 Å². The summed E-state index contributed by atoms with van der Waals surface area (Å²) in [6.07, 6.45) is 0.503. The van der Waals surface area contributed by atoms with Crippen LogP contribution in [0.2, 0.25) is 0 Å². The number of aromatic amines is 1. The molecule has 0 atom stereocenters. The van der Waals surface area contributed by atoms with Crippen molar-refractivity contribution in [2.24, 2.45) is 7.05 Å². The lowest BCUT2D eigenvalue weighted by molar-refractivity contribution is 0.280. The van der Waals surface area contributed by atoms with Gasteiger partial charge in [0.15, 0.2) is 5.52 Å². The fraction of sp³-hybridized carbons (Fsp3) is 0.267. The lowest BCUT2D eigenvalue weighted by atomic mass is 10.2. The van der Waals surface area contributed by atoms with Crippen LogP contribution in [0.3, 0.4) is 0 Å². The maximum Gasteiger partial charge on any atom is 0.329 e. The second kappa shape index (κ2) is 5.61. The predicted molar refractivity (Wildman–Crippen MR) is 82.7 cm³/mol. The van der Waals surface area contributed by atoms with Crippen LogP contribution < -0.4 is 11.2 Å². The van der Waals surface area contributed by atoms with Gasteiger partial charge in [0, 0.05) is 25.8 Å². The topological polar surface area (TPSA) is 92.9 Å². The van der Waals surface area contributed by atoms with E-state index in [-0.39, 0.29) is 12.1 Å². The lowest BCUT2D eigenvalue weighted by Crippen LogP contribution is -2.32. The molecule has 3 aromatic rings. The Bertz CT molecular complexity index is 922. The zero-order valence-corrected chi connectivity index (χ0v) is 12.1. The number of aryl methyl sites for hydroxylation is 1. The van der Waals surface area contributed by atoms with Gasteiger partial charge in [0.25, 0.3) is 5.56 Å². The van der Waals surface area contributed by atoms with Crippen molar-refractivity contribution >= 4 is 11.2 Å². The van der Waals surface area contributed by atoms with Crippen LogP contribution in [0.1, 0.15) is 6.42 Å². The van der Waals surface area contributed by atoms with E-state index in [1.807, 2.05) is 30.3 Å². The van der Waals surface area contributed by atoms with Gasteiger partial charge in [0.1, 0.15) is 11.5 Å². The largest absolute Gasteiger partial charge is 0.396 e. The van der Waals surface area contributed by atoms with Crippen molar-refractivity contribution in [1.29, 1.82) is 0 Å². The van der Waals surface area contributed by atoms with E-state index >= 15 is 0 Å². The SMILES string of the molecule is Cn1c(=O)[nH]c2c(nc(-c3ccccc3)n2CCCO)c1=O. The van der Waals surface area contributed by atoms with Gasteiger partial charge in [-0.05, 0) is 6.42 Å². The third-order valence-electron chi connectivity index (χ3n) is 3.58. The van der Waals surface area contributed by atoms with Crippen LogP contribution in [-0.4, -0.2) is 30.8 Å². The second-order valence-corrected chi connectivity index (χ2v) is 5.02. The van der Waals surface area contributed by atoms with Crippen LogP contribution in [0.4, 0.5) is 0 Å². The molecule has 2 N–H and O–H groups in total. The smallest absolute Gasteiger partial charge is 0.329 e. The number of imidazole rings is 1. The van der Waals surface area contributed by atoms with Gasteiger partial charge in [-0.15, -0.1) is 0 Å². The number of aromatic nitrogens is 4. The Morgan fingerprint density at radius 2 is 1.95 bits per heavy atom. The summed E-state index contributed by atoms with van der Waals surface area (Å²) in [5.41, 5.74) is 0.541. The van der Waals surface area contributed by atoms with E-state index in [2.05, 4.69) is 9.97 Å². The first-order valence-electron chi connectivity index (χ1n) is 6.99. The zero-order valence-electron chi connectivity index (χ0n) is 12.1. The molecule has 0 fully saturated rings. The average molecular weight is 300 g/mol. The summed E-state index contributed by atoms with van der Waals surface area (Å²) < 4.78 is 2.77. The van der Waals surface area contributed by atoms with Crippen molar-refractivity contribution < 1.29 is 5.11 Å². The quantitative estimate of drug-likeness (QED) is 0.732. The van der Waals surface area contributed by atoms with Crippen LogP contribution in [0.5, 0.6) is 0 Å². The number of hydrogen-bond acceptors (Lipinski definition) is 4. The molecule has 0 radical (unpaired) electrons. The Morgan fingerprint density at radius 3 is 2.64 bits per heavy atom. The van der Waals surface area contributed by atoms with Crippen molar-refractivity contribution in [3.8, 4) is 11.4 Å². The number of rotatable bonds is 4. The molecule has 0 unspecified atom stereocenters. The highest BCUT2D eigenvalue weighted by Crippen LogP contribution is 2.21. The number of aliphatic hydroxyl groups excluding tert-OH is 1. The van der Waals surface area contributed by atoms with E-state index in [0.717, 1.165) is 10.1 Å². The number of aliphatic hydroxyl groups is 1. The third kappa shape index (κ3) is 2.25. The number of nitrogens with zero attached hydrogens (tertiary/aromatic N) is 3. The first-order chi connectivity index (χ1) is 10.6. The molecule has 1 aromatic carbocycles. The highest BCUT2D eigenvalue weighted by molar-refractivity contribution is 5.76. The normalized spacial score (nSPS) is 11.2. The molecule has 0 bridgehead atoms. The summed E-state index contributed by atoms with van der Waals surface area (Å²) >= 11 is 0. The summed E-state index contributed by atoms with van der Waals surface area (Å²) in [6, 6.07) is 9.43. The Hall–Kier alpha value is -2.67. The Kier molecular flexibility index (Phi) is 3.64. The molecule has 114 valence electrons. The third-order valence-corrected chi connectivity index (χ3v) is 3.58. The Labute approximate surface area is 125 Å². The van der Waals surface area contributed by atoms with Gasteiger partial charge in [0.05, 0.1) is 0 Å². The highest BCUT2D eigenvalue weighted by Gasteiger charge is 2.17. The standard InChI is InChI=1S/C15H16N4O3/c1-18-14(21)11-13(17-15(18)22)19(8-5-9-20)12(16-11)10-6-3-2-4-7-10/h2-4,6-7,20H,5,8-9H2,1H3,(H,17,22). The molecule has 2 aromatic heterocycles. The molecule has 0 amide bonds. The Morgan fingerprint density at radius 1 is 1.23 bits per heavy atom. The number of fused-ring (bicyclic) bond motifs is 1. The first-order valence-corrected chi connectivity index (χ1v) is 6.99. The van der Waals surface area contributed by atoms with Crippen LogP contribution in [-0.2, 0) is 13.6 Å². The van der Waals surface area contributed by atoms with E-state index in [0.29, 0.717) is 24.4 Å². The van der Waals surface area contributed by atoms with Gasteiger partial charge in [-0.25, -0.2) is 9.78 Å². The van der Waals surface area contributed by atoms with Gasteiger partial charge < -0.3 is 9.67 Å². The van der Waals surface area contributed by atoms with Gasteiger partial charge in [-0.3, -0.25) is 14.3 Å². The molecule has 3 rings (SSSR count). The molecule has 0 saturated heterocycles. The van der Waals surface area contributed by atoms with Gasteiger partial charge in [-0.1, -0.05) is 30.3 Å². The van der Waals surface area contributed by atoms with Gasteiger partial charge in [0.2, 0.25) is 0 Å². The molecule has 7 nitrogen and oxygen atoms in total. The van der Waals surface area contributed by atoms with Crippen molar-refractivity contribution in [1.82, 2.24) is 19.1 Å². The maximum atomic E-state index is 12.2. The number of H-pyrrole nitrogens is 1. The minimum absolute atomic E-state index is 0.0168. The predicted octanol–water partition coefficient (Wildman–Crippen LogP) is 0.473. The summed E-state index contributed by atoms with van der Waals surface area (Å²) in [5.74, 6) is 0.600. The molecule has 0 aliphatic heterocycles. The zero-order chi connectivity index (χ0) is 15.7. The minimum atomic E-state index is -0.484. The minimum Gasteiger partial charge on any atom is -0.396 e. The summed E-state index contributed by atoms with van der Waals surface area (Å²) in [4.78, 5) is 31.2. The van der Waals surface area contributed by atoms with E-state index in [4.69, 9.17) is 5.11 Å². The molecule has 0 aliphatic rings. The van der Waals surface area contributed by atoms with Gasteiger partial charge >= 0.3 is 5.69 Å². The second-order valence-electron chi connectivity index (χ2n) is 5.02. The molecule has 0 spiro atoms. The van der Waals surface area contributed by atoms with E-state index in [1.165, 1.54) is 7.05 Å². The number of benzene rings is 1. The highest BCUT2D eigenvalue weighted by atomic mass is 16.3. The molecule has 0 saturated carbocycles. The van der Waals surface area contributed by atoms with Crippen molar-refractivity contribution in [3.63, 3.8) is 0 Å². The van der Waals surface area contributed by atoms with E-state index < -0.39 is 11.2 Å². The number of nitrogens with one attached hydrogen (secondary N) is 1. The van der Waals surface area contributed by atoms with Crippen LogP contribution in [0, 0.1) is 0 Å². The van der Waals surface area contributed by atoms with Crippen molar-refractivity contribution in [2.45, 2.75) is 13.0 Å². The molecule has 0 aliphatic carbocycles. The Balaban J connectivity index is 2.34. The molecule has 22 heavy (non-hydrogen) atoms. The van der Waals surface area contributed by atoms with E-state index in [1.54, 1.807) is 4.57 Å². The van der Waals surface area contributed by atoms with Crippen LogP contribution >= 0.6 is 0 Å². The monoisotopic (exact) mass is 300 g/mol. The summed E-state index contributed by atoms with van der Waals surface area (Å²) in [5, 5.41) is 9.08. The summed E-state index contributed by atoms with van der Waals surface area (Å²) in [6.45, 7) is 0.476. The molecule has 2 heterocycles. The molecule has 7 heteroatoms. The molecular weight excluding hydrogens is 284 g/mol. The first kappa shape index (κ1) is 14.3. The molecular formula is C15H16N4O3. The fourth-order valence-electron chi connectivity index (χ4n) is 2.42. The van der Waals surface area contributed by atoms with Crippen molar-refractivity contribution in [3.05, 3.63) is 51.2 Å². The summed E-state index contributed by atoms with van der Waals surface area (Å²) in [7, 11) is 1.41. The number of hydrogen-bond donors (Lipinski definition) is 2. The average Bonchev–Trinajstić information content (AvgIpc) is 2.90.